The second-order valence-corrected chi connectivity index (χ2v) is 8.01. The largest absolute Gasteiger partial charge is 0.299 e. The van der Waals surface area contributed by atoms with Crippen LogP contribution in [0.25, 0.3) is 0 Å². The van der Waals surface area contributed by atoms with E-state index >= 15 is 0 Å². The van der Waals surface area contributed by atoms with Crippen LogP contribution >= 0.6 is 0 Å². The normalized spacial score (nSPS) is 30.9. The van der Waals surface area contributed by atoms with Gasteiger partial charge in [0.2, 0.25) is 0 Å². The van der Waals surface area contributed by atoms with Crippen molar-refractivity contribution in [1.29, 1.82) is 0 Å². The maximum Gasteiger partial charge on any atom is 0.139 e. The van der Waals surface area contributed by atoms with Gasteiger partial charge in [-0.3, -0.25) is 4.79 Å². The van der Waals surface area contributed by atoms with Crippen LogP contribution in [-0.4, -0.2) is 5.78 Å². The van der Waals surface area contributed by atoms with Crippen molar-refractivity contribution in [3.05, 3.63) is 0 Å². The van der Waals surface area contributed by atoms with Gasteiger partial charge in [-0.05, 0) is 49.9 Å². The first-order chi connectivity index (χ1) is 8.98. The van der Waals surface area contributed by atoms with Crippen molar-refractivity contribution in [2.24, 2.45) is 23.2 Å². The topological polar surface area (TPSA) is 17.1 Å². The summed E-state index contributed by atoms with van der Waals surface area (Å²) in [6.45, 7) is 7.06. The van der Waals surface area contributed by atoms with Crippen LogP contribution in [0.3, 0.4) is 0 Å². The first-order valence-corrected chi connectivity index (χ1v) is 8.52. The predicted molar refractivity (Wildman–Crippen MR) is 81.1 cm³/mol. The van der Waals surface area contributed by atoms with Crippen LogP contribution in [0.2, 0.25) is 0 Å². The third kappa shape index (κ3) is 4.07. The number of carbonyl (C=O) groups excluding carboxylic acids is 1. The van der Waals surface area contributed by atoms with Crippen molar-refractivity contribution in [2.75, 3.05) is 0 Å². The van der Waals surface area contributed by atoms with Gasteiger partial charge < -0.3 is 0 Å². The van der Waals surface area contributed by atoms with E-state index in [0.29, 0.717) is 23.0 Å². The summed E-state index contributed by atoms with van der Waals surface area (Å²) in [5, 5.41) is 0. The van der Waals surface area contributed by atoms with Crippen LogP contribution in [0.5, 0.6) is 0 Å². The van der Waals surface area contributed by atoms with Crippen LogP contribution in [0, 0.1) is 23.2 Å². The standard InChI is InChI=1S/C18H32O/c1-18(2,3)16-12-10-15(11-13-16)17(19)14-8-6-4-5-7-9-14/h14-16H,4-13H2,1-3H3. The fourth-order valence-electron chi connectivity index (χ4n) is 4.14. The molecule has 0 spiro atoms. The maximum atomic E-state index is 12.7. The van der Waals surface area contributed by atoms with E-state index < -0.39 is 0 Å². The molecule has 0 aromatic carbocycles. The highest BCUT2D eigenvalue weighted by atomic mass is 16.1. The first kappa shape index (κ1) is 15.1. The van der Waals surface area contributed by atoms with Crippen molar-refractivity contribution in [3.8, 4) is 0 Å². The van der Waals surface area contributed by atoms with E-state index in [1.54, 1.807) is 0 Å². The Bertz CT molecular complexity index is 283. The van der Waals surface area contributed by atoms with Gasteiger partial charge in [0.25, 0.3) is 0 Å². The average Bonchev–Trinajstić information content (AvgIpc) is 2.66. The number of hydrogen-bond donors (Lipinski definition) is 0. The number of ketones is 1. The van der Waals surface area contributed by atoms with E-state index in [4.69, 9.17) is 0 Å². The summed E-state index contributed by atoms with van der Waals surface area (Å²) in [7, 11) is 0. The monoisotopic (exact) mass is 264 g/mol. The molecule has 0 amide bonds. The Labute approximate surface area is 119 Å². The Balaban J connectivity index is 1.85. The summed E-state index contributed by atoms with van der Waals surface area (Å²) >= 11 is 0. The summed E-state index contributed by atoms with van der Waals surface area (Å²) in [5.74, 6) is 2.28. The zero-order chi connectivity index (χ0) is 13.9. The highest BCUT2D eigenvalue weighted by Crippen LogP contribution is 2.41. The van der Waals surface area contributed by atoms with Gasteiger partial charge in [0.15, 0.2) is 0 Å². The molecule has 2 aliphatic carbocycles. The smallest absolute Gasteiger partial charge is 0.139 e. The van der Waals surface area contributed by atoms with Crippen molar-refractivity contribution in [3.63, 3.8) is 0 Å². The molecule has 2 fully saturated rings. The fourth-order valence-corrected chi connectivity index (χ4v) is 4.14. The van der Waals surface area contributed by atoms with Crippen LogP contribution in [0.1, 0.15) is 85.0 Å². The maximum absolute atomic E-state index is 12.7. The van der Waals surface area contributed by atoms with Crippen LogP contribution in [-0.2, 0) is 4.79 Å². The van der Waals surface area contributed by atoms with Crippen molar-refractivity contribution in [1.82, 2.24) is 0 Å². The second-order valence-electron chi connectivity index (χ2n) is 8.01. The highest BCUT2D eigenvalue weighted by Gasteiger charge is 2.34. The van der Waals surface area contributed by atoms with Crippen LogP contribution in [0.15, 0.2) is 0 Å². The van der Waals surface area contributed by atoms with Gasteiger partial charge in [-0.15, -0.1) is 0 Å². The molecule has 0 aromatic rings. The molecule has 0 heterocycles. The lowest BCUT2D eigenvalue weighted by Crippen LogP contribution is -2.31. The minimum atomic E-state index is 0.404. The van der Waals surface area contributed by atoms with Crippen molar-refractivity contribution < 1.29 is 4.79 Å². The first-order valence-electron chi connectivity index (χ1n) is 8.52. The van der Waals surface area contributed by atoms with Gasteiger partial charge in [0.05, 0.1) is 0 Å². The lowest BCUT2D eigenvalue weighted by Gasteiger charge is -2.37. The van der Waals surface area contributed by atoms with E-state index in [0.717, 1.165) is 18.8 Å². The third-order valence-corrected chi connectivity index (χ3v) is 5.61. The zero-order valence-corrected chi connectivity index (χ0v) is 13.2. The summed E-state index contributed by atoms with van der Waals surface area (Å²) in [6, 6.07) is 0. The van der Waals surface area contributed by atoms with E-state index in [-0.39, 0.29) is 0 Å². The molecule has 1 heteroatoms. The van der Waals surface area contributed by atoms with Crippen LogP contribution < -0.4 is 0 Å². The molecule has 0 bridgehead atoms. The molecule has 0 radical (unpaired) electrons. The molecule has 0 saturated heterocycles. The predicted octanol–water partition coefficient (Wildman–Crippen LogP) is 5.38. The molecule has 110 valence electrons. The van der Waals surface area contributed by atoms with Gasteiger partial charge in [0, 0.05) is 11.8 Å². The van der Waals surface area contributed by atoms with Gasteiger partial charge >= 0.3 is 0 Å². The van der Waals surface area contributed by atoms with Crippen molar-refractivity contribution in [2.45, 2.75) is 85.0 Å². The second kappa shape index (κ2) is 6.41. The van der Waals surface area contributed by atoms with Crippen LogP contribution in [0.4, 0.5) is 0 Å². The minimum Gasteiger partial charge on any atom is -0.299 e. The fraction of sp³-hybridized carbons (Fsp3) is 0.944. The van der Waals surface area contributed by atoms with E-state index in [1.807, 2.05) is 0 Å². The highest BCUT2D eigenvalue weighted by molar-refractivity contribution is 5.83. The molecule has 2 aliphatic rings. The third-order valence-electron chi connectivity index (χ3n) is 5.61. The number of hydrogen-bond acceptors (Lipinski definition) is 1. The Morgan fingerprint density at radius 2 is 1.21 bits per heavy atom. The Kier molecular flexibility index (Phi) is 5.09. The zero-order valence-electron chi connectivity index (χ0n) is 13.2. The molecule has 19 heavy (non-hydrogen) atoms. The molecular formula is C18H32O. The molecule has 0 atom stereocenters. The van der Waals surface area contributed by atoms with E-state index in [9.17, 15) is 4.79 Å². The van der Waals surface area contributed by atoms with E-state index in [2.05, 4.69) is 20.8 Å². The molecule has 0 aromatic heterocycles. The molecular weight excluding hydrogens is 232 g/mol. The Hall–Kier alpha value is -0.330. The minimum absolute atomic E-state index is 0.404. The van der Waals surface area contributed by atoms with E-state index in [1.165, 1.54) is 51.4 Å². The number of carbonyl (C=O) groups is 1. The quantitative estimate of drug-likeness (QED) is 0.612. The van der Waals surface area contributed by atoms with Gasteiger partial charge in [-0.2, -0.15) is 0 Å². The molecule has 0 aliphatic heterocycles. The lowest BCUT2D eigenvalue weighted by molar-refractivity contribution is -0.128. The average molecular weight is 264 g/mol. The molecule has 2 saturated carbocycles. The van der Waals surface area contributed by atoms with Gasteiger partial charge in [0.1, 0.15) is 5.78 Å². The summed E-state index contributed by atoms with van der Waals surface area (Å²) < 4.78 is 0. The van der Waals surface area contributed by atoms with Gasteiger partial charge in [-0.25, -0.2) is 0 Å². The number of Topliss-reactive ketones (excluding diaryl/α,β-unsaturated/α-hetero) is 1. The molecule has 1 nitrogen and oxygen atoms in total. The van der Waals surface area contributed by atoms with Gasteiger partial charge in [-0.1, -0.05) is 46.5 Å². The molecule has 2 rings (SSSR count). The SMILES string of the molecule is CC(C)(C)C1CCC(C(=O)C2CCCCCC2)CC1. The summed E-state index contributed by atoms with van der Waals surface area (Å²) in [6.07, 6.45) is 12.5. The molecule has 0 N–H and O–H groups in total. The van der Waals surface area contributed by atoms with Crippen molar-refractivity contribution >= 4 is 5.78 Å². The Morgan fingerprint density at radius 1 is 0.737 bits per heavy atom. The summed E-state index contributed by atoms with van der Waals surface area (Å²) in [4.78, 5) is 12.7. The number of rotatable bonds is 2. The Morgan fingerprint density at radius 3 is 1.68 bits per heavy atom. The summed E-state index contributed by atoms with van der Waals surface area (Å²) in [5.41, 5.74) is 0.427. The molecule has 0 unspecified atom stereocenters. The lowest BCUT2D eigenvalue weighted by atomic mass is 9.68.